The van der Waals surface area contributed by atoms with Crippen molar-refractivity contribution in [3.8, 4) is 0 Å². The van der Waals surface area contributed by atoms with Gasteiger partial charge in [-0.3, -0.25) is 23.6 Å². The van der Waals surface area contributed by atoms with Crippen LogP contribution in [-0.2, 0) is 19.6 Å². The number of ketones is 1. The summed E-state index contributed by atoms with van der Waals surface area (Å²) in [6.45, 7) is 2.60. The van der Waals surface area contributed by atoms with E-state index >= 15 is 0 Å². The molecule has 2 N–H and O–H groups in total. The highest BCUT2D eigenvalue weighted by Gasteiger charge is 2.23. The van der Waals surface area contributed by atoms with Crippen LogP contribution in [0.5, 0.6) is 0 Å². The van der Waals surface area contributed by atoms with Crippen LogP contribution in [-0.4, -0.2) is 39.7 Å². The van der Waals surface area contributed by atoms with Crippen LogP contribution in [0.4, 0.5) is 5.82 Å². The van der Waals surface area contributed by atoms with Crippen LogP contribution in [0.1, 0.15) is 28.4 Å². The molecule has 1 heterocycles. The van der Waals surface area contributed by atoms with E-state index in [0.29, 0.717) is 6.54 Å². The van der Waals surface area contributed by atoms with Gasteiger partial charge in [-0.25, -0.2) is 4.79 Å². The molecule has 0 radical (unpaired) electrons. The first-order valence-electron chi connectivity index (χ1n) is 10.4. The normalized spacial score (nSPS) is 11.1. The van der Waals surface area contributed by atoms with Crippen molar-refractivity contribution in [2.45, 2.75) is 31.5 Å². The van der Waals surface area contributed by atoms with E-state index < -0.39 is 17.0 Å². The maximum Gasteiger partial charge on any atom is 0.332 e. The molecule has 0 saturated carbocycles. The highest BCUT2D eigenvalue weighted by Crippen LogP contribution is 2.16. The lowest BCUT2D eigenvalue weighted by Gasteiger charge is -2.19. The Balaban J connectivity index is 1.89. The number of Topliss-reactive ketones (excluding diaryl/α,β-unsaturated/α-hetero) is 1. The Labute approximate surface area is 191 Å². The van der Waals surface area contributed by atoms with E-state index in [4.69, 9.17) is 5.73 Å². The molecule has 1 aromatic heterocycles. The molecule has 0 fully saturated rings. The Morgan fingerprint density at radius 2 is 1.66 bits per heavy atom. The maximum atomic E-state index is 13.1. The highest BCUT2D eigenvalue weighted by molar-refractivity contribution is 7.98. The zero-order valence-electron chi connectivity index (χ0n) is 18.6. The first-order chi connectivity index (χ1) is 15.3. The largest absolute Gasteiger partial charge is 0.384 e. The number of likely N-dealkylation sites (N-methyl/N-ethyl adjacent to an activating group) is 1. The lowest BCUT2D eigenvalue weighted by Crippen LogP contribution is -2.45. The fraction of sp³-hybridized carbons (Fsp3) is 0.292. The van der Waals surface area contributed by atoms with E-state index in [1.54, 1.807) is 18.7 Å². The maximum absolute atomic E-state index is 13.1. The Kier molecular flexibility index (Phi) is 7.71. The smallest absolute Gasteiger partial charge is 0.332 e. The minimum atomic E-state index is -0.637. The Morgan fingerprint density at radius 3 is 2.25 bits per heavy atom. The van der Waals surface area contributed by atoms with Crippen molar-refractivity contribution in [3.05, 3.63) is 92.1 Å². The number of carbonyl (C=O) groups is 1. The van der Waals surface area contributed by atoms with Gasteiger partial charge >= 0.3 is 5.69 Å². The van der Waals surface area contributed by atoms with Crippen LogP contribution in [0.25, 0.3) is 0 Å². The Hall–Kier alpha value is -3.10. The molecular weight excluding hydrogens is 424 g/mol. The van der Waals surface area contributed by atoms with E-state index in [0.717, 1.165) is 15.7 Å². The van der Waals surface area contributed by atoms with E-state index in [1.165, 1.54) is 9.46 Å². The number of thioether (sulfide) groups is 1. The highest BCUT2D eigenvalue weighted by atomic mass is 32.2. The van der Waals surface area contributed by atoms with Crippen molar-refractivity contribution in [1.29, 1.82) is 0 Å². The average Bonchev–Trinajstić information content (AvgIpc) is 2.78. The monoisotopic (exact) mass is 452 g/mol. The Bertz CT molecular complexity index is 1200. The van der Waals surface area contributed by atoms with Crippen molar-refractivity contribution in [2.75, 3.05) is 25.6 Å². The van der Waals surface area contributed by atoms with Crippen LogP contribution in [0.15, 0.2) is 69.1 Å². The van der Waals surface area contributed by atoms with Crippen molar-refractivity contribution in [1.82, 2.24) is 14.0 Å². The molecule has 0 bridgehead atoms. The summed E-state index contributed by atoms with van der Waals surface area (Å²) >= 11 is 1.67. The van der Waals surface area contributed by atoms with Crippen LogP contribution in [0.3, 0.4) is 0 Å². The van der Waals surface area contributed by atoms with Gasteiger partial charge < -0.3 is 5.73 Å². The van der Waals surface area contributed by atoms with Gasteiger partial charge in [-0.05, 0) is 43.5 Å². The van der Waals surface area contributed by atoms with Gasteiger partial charge in [-0.1, -0.05) is 42.5 Å². The number of hydrogen-bond acceptors (Lipinski definition) is 6. The zero-order valence-corrected chi connectivity index (χ0v) is 19.4. The van der Waals surface area contributed by atoms with E-state index in [9.17, 15) is 14.4 Å². The summed E-state index contributed by atoms with van der Waals surface area (Å²) in [4.78, 5) is 41.9. The number of nitrogens with two attached hydrogens (primary N) is 1. The first-order valence-corrected chi connectivity index (χ1v) is 11.6. The predicted molar refractivity (Wildman–Crippen MR) is 129 cm³/mol. The molecule has 8 heteroatoms. The Morgan fingerprint density at radius 1 is 1.00 bits per heavy atom. The van der Waals surface area contributed by atoms with Gasteiger partial charge in [0.05, 0.1) is 13.1 Å². The summed E-state index contributed by atoms with van der Waals surface area (Å²) in [6, 6.07) is 17.4. The number of anilines is 1. The van der Waals surface area contributed by atoms with Gasteiger partial charge in [0.1, 0.15) is 11.4 Å². The van der Waals surface area contributed by atoms with Crippen LogP contribution < -0.4 is 17.0 Å². The van der Waals surface area contributed by atoms with Gasteiger partial charge in [0, 0.05) is 18.0 Å². The van der Waals surface area contributed by atoms with E-state index in [-0.39, 0.29) is 31.0 Å². The molecule has 0 unspecified atom stereocenters. The number of hydrogen-bond donors (Lipinski definition) is 1. The zero-order chi connectivity index (χ0) is 23.3. The molecule has 0 saturated heterocycles. The van der Waals surface area contributed by atoms with Crippen molar-refractivity contribution in [3.63, 3.8) is 0 Å². The third-order valence-electron chi connectivity index (χ3n) is 5.27. The number of rotatable bonds is 9. The molecular formula is C24H28N4O3S. The van der Waals surface area contributed by atoms with Gasteiger partial charge in [0.2, 0.25) is 0 Å². The summed E-state index contributed by atoms with van der Waals surface area (Å²) < 4.78 is 2.36. The van der Waals surface area contributed by atoms with E-state index in [2.05, 4.69) is 0 Å². The molecule has 0 amide bonds. The summed E-state index contributed by atoms with van der Waals surface area (Å²) in [5, 5.41) is 0. The third kappa shape index (κ3) is 5.20. The number of aromatic nitrogens is 2. The van der Waals surface area contributed by atoms with Crippen LogP contribution in [0, 0.1) is 0 Å². The molecule has 0 aliphatic heterocycles. The van der Waals surface area contributed by atoms with Gasteiger partial charge in [0.25, 0.3) is 5.56 Å². The molecule has 0 spiro atoms. The van der Waals surface area contributed by atoms with Crippen molar-refractivity contribution >= 4 is 23.4 Å². The summed E-state index contributed by atoms with van der Waals surface area (Å²) in [7, 11) is 1.81. The first kappa shape index (κ1) is 23.6. The quantitative estimate of drug-likeness (QED) is 0.397. The molecule has 7 nitrogen and oxygen atoms in total. The second-order valence-electron chi connectivity index (χ2n) is 7.61. The minimum Gasteiger partial charge on any atom is -0.384 e. The number of nitrogens with zero attached hydrogens (tertiary/aromatic N) is 3. The van der Waals surface area contributed by atoms with Crippen LogP contribution in [0.2, 0.25) is 0 Å². The lowest BCUT2D eigenvalue weighted by atomic mass is 10.1. The molecule has 3 rings (SSSR count). The second kappa shape index (κ2) is 10.5. The molecule has 32 heavy (non-hydrogen) atoms. The predicted octanol–water partition coefficient (Wildman–Crippen LogP) is 2.70. The molecule has 168 valence electrons. The van der Waals surface area contributed by atoms with E-state index in [1.807, 2.05) is 72.8 Å². The average molecular weight is 453 g/mol. The number of nitrogen functional groups attached to an aromatic ring is 1. The van der Waals surface area contributed by atoms with Gasteiger partial charge in [-0.15, -0.1) is 11.8 Å². The number of benzene rings is 2. The third-order valence-corrected chi connectivity index (χ3v) is 6.01. The lowest BCUT2D eigenvalue weighted by molar-refractivity contribution is 0.0941. The summed E-state index contributed by atoms with van der Waals surface area (Å²) in [6.07, 6.45) is 2.02. The van der Waals surface area contributed by atoms with Crippen LogP contribution >= 0.6 is 11.8 Å². The minimum absolute atomic E-state index is 0.0109. The molecule has 2 aromatic carbocycles. The summed E-state index contributed by atoms with van der Waals surface area (Å²) in [5.41, 5.74) is 6.85. The topological polar surface area (TPSA) is 90.3 Å². The molecule has 0 aliphatic carbocycles. The van der Waals surface area contributed by atoms with Gasteiger partial charge in [0.15, 0.2) is 5.78 Å². The van der Waals surface area contributed by atoms with Gasteiger partial charge in [-0.2, -0.15) is 0 Å². The second-order valence-corrected chi connectivity index (χ2v) is 8.49. The summed E-state index contributed by atoms with van der Waals surface area (Å²) in [5.74, 6) is -0.490. The number of carbonyl (C=O) groups excluding carboxylic acids is 1. The molecule has 0 aliphatic rings. The fourth-order valence-electron chi connectivity index (χ4n) is 3.60. The van der Waals surface area contributed by atoms with Crippen molar-refractivity contribution < 1.29 is 4.79 Å². The molecule has 3 aromatic rings. The fourth-order valence-corrected chi connectivity index (χ4v) is 4.01. The SMILES string of the molecule is CCn1c(=O)c(C(=O)CN(C)Cc2ccc(SC)cc2)c(N)n(Cc2ccccc2)c1=O. The van der Waals surface area contributed by atoms with Crippen molar-refractivity contribution in [2.24, 2.45) is 0 Å². The standard InChI is InChI=1S/C24H28N4O3S/c1-4-27-23(30)21(22(25)28(24(27)31)15-17-8-6-5-7-9-17)20(29)16-26(2)14-18-10-12-19(32-3)13-11-18/h5-13H,4,14-16,25H2,1-3H3. The molecule has 0 atom stereocenters.